The van der Waals surface area contributed by atoms with Crippen LogP contribution in [0, 0.1) is 0 Å². The van der Waals surface area contributed by atoms with Gasteiger partial charge in [0.15, 0.2) is 5.78 Å². The molecule has 23 heavy (non-hydrogen) atoms. The summed E-state index contributed by atoms with van der Waals surface area (Å²) >= 11 is 8.89. The third-order valence-electron chi connectivity index (χ3n) is 3.15. The smallest absolute Gasteiger partial charge is 0.209 e. The maximum absolute atomic E-state index is 12.2. The average Bonchev–Trinajstić information content (AvgIpc) is 3.22. The van der Waals surface area contributed by atoms with Gasteiger partial charge in [-0.15, -0.1) is 16.4 Å². The molecule has 118 valence electrons. The van der Waals surface area contributed by atoms with Crippen LogP contribution in [-0.4, -0.2) is 31.7 Å². The number of ketones is 1. The SMILES string of the molecule is O=C(CSc1nnnn1CCc1cccs1)c1ccc(Cl)cc1. The number of thioether (sulfide) groups is 1. The van der Waals surface area contributed by atoms with E-state index >= 15 is 0 Å². The monoisotopic (exact) mass is 364 g/mol. The molecule has 0 saturated carbocycles. The molecule has 0 aliphatic rings. The molecule has 0 spiro atoms. The average molecular weight is 365 g/mol. The molecule has 0 amide bonds. The van der Waals surface area contributed by atoms with E-state index in [1.54, 1.807) is 40.3 Å². The topological polar surface area (TPSA) is 60.7 Å². The van der Waals surface area contributed by atoms with Gasteiger partial charge in [-0.2, -0.15) is 0 Å². The zero-order valence-corrected chi connectivity index (χ0v) is 14.4. The fourth-order valence-electron chi connectivity index (χ4n) is 1.96. The minimum atomic E-state index is 0.0273. The van der Waals surface area contributed by atoms with Crippen molar-refractivity contribution in [3.63, 3.8) is 0 Å². The molecule has 2 heterocycles. The number of hydrogen-bond acceptors (Lipinski definition) is 6. The molecule has 0 aliphatic heterocycles. The van der Waals surface area contributed by atoms with Crippen LogP contribution in [0.2, 0.25) is 5.02 Å². The van der Waals surface area contributed by atoms with Gasteiger partial charge in [-0.3, -0.25) is 4.79 Å². The van der Waals surface area contributed by atoms with Gasteiger partial charge < -0.3 is 0 Å². The first-order chi connectivity index (χ1) is 11.2. The highest BCUT2D eigenvalue weighted by atomic mass is 35.5. The van der Waals surface area contributed by atoms with E-state index in [-0.39, 0.29) is 5.78 Å². The first-order valence-corrected chi connectivity index (χ1v) is 9.17. The van der Waals surface area contributed by atoms with E-state index < -0.39 is 0 Å². The first kappa shape index (κ1) is 16.2. The fourth-order valence-corrected chi connectivity index (χ4v) is 3.58. The van der Waals surface area contributed by atoms with E-state index in [0.29, 0.717) is 28.0 Å². The molecule has 8 heteroatoms. The molecule has 0 N–H and O–H groups in total. The number of rotatable bonds is 7. The molecular formula is C15H13ClN4OS2. The first-order valence-electron chi connectivity index (χ1n) is 6.92. The summed E-state index contributed by atoms with van der Waals surface area (Å²) in [6, 6.07) is 11.0. The Labute approximate surface area is 146 Å². The maximum Gasteiger partial charge on any atom is 0.209 e. The van der Waals surface area contributed by atoms with Crippen molar-refractivity contribution in [2.75, 3.05) is 5.75 Å². The highest BCUT2D eigenvalue weighted by Crippen LogP contribution is 2.18. The second-order valence-electron chi connectivity index (χ2n) is 4.73. The predicted molar refractivity (Wildman–Crippen MR) is 92.3 cm³/mol. The molecule has 1 aromatic carbocycles. The van der Waals surface area contributed by atoms with Crippen molar-refractivity contribution in [3.8, 4) is 0 Å². The van der Waals surface area contributed by atoms with Gasteiger partial charge in [-0.05, 0) is 46.1 Å². The Bertz CT molecular complexity index is 771. The Balaban J connectivity index is 1.57. The predicted octanol–water partition coefficient (Wildman–Crippen LogP) is 3.61. The zero-order chi connectivity index (χ0) is 16.1. The maximum atomic E-state index is 12.2. The number of aryl methyl sites for hydroxylation is 2. The molecule has 0 unspecified atom stereocenters. The summed E-state index contributed by atoms with van der Waals surface area (Å²) in [5, 5.41) is 15.0. The summed E-state index contributed by atoms with van der Waals surface area (Å²) in [7, 11) is 0. The summed E-state index contributed by atoms with van der Waals surface area (Å²) in [5.74, 6) is 0.320. The summed E-state index contributed by atoms with van der Waals surface area (Å²) < 4.78 is 1.74. The Kier molecular flexibility index (Phi) is 5.43. The summed E-state index contributed by atoms with van der Waals surface area (Å²) in [5.41, 5.74) is 0.638. The number of hydrogen-bond donors (Lipinski definition) is 0. The van der Waals surface area contributed by atoms with Crippen LogP contribution < -0.4 is 0 Å². The Morgan fingerprint density at radius 3 is 2.83 bits per heavy atom. The molecule has 0 aliphatic carbocycles. The number of nitrogens with zero attached hydrogens (tertiary/aromatic N) is 4. The van der Waals surface area contributed by atoms with Crippen LogP contribution in [0.1, 0.15) is 15.2 Å². The summed E-state index contributed by atoms with van der Waals surface area (Å²) in [6.45, 7) is 0.699. The van der Waals surface area contributed by atoms with E-state index in [1.165, 1.54) is 16.6 Å². The van der Waals surface area contributed by atoms with Crippen molar-refractivity contribution in [2.24, 2.45) is 0 Å². The minimum Gasteiger partial charge on any atom is -0.293 e. The van der Waals surface area contributed by atoms with Crippen LogP contribution in [0.15, 0.2) is 46.9 Å². The summed E-state index contributed by atoms with van der Waals surface area (Å²) in [4.78, 5) is 13.5. The van der Waals surface area contributed by atoms with E-state index in [2.05, 4.69) is 27.0 Å². The van der Waals surface area contributed by atoms with Gasteiger partial charge >= 0.3 is 0 Å². The Morgan fingerprint density at radius 2 is 2.09 bits per heavy atom. The van der Waals surface area contributed by atoms with Crippen molar-refractivity contribution >= 4 is 40.5 Å². The normalized spacial score (nSPS) is 10.8. The van der Waals surface area contributed by atoms with Gasteiger partial charge in [0, 0.05) is 21.9 Å². The van der Waals surface area contributed by atoms with Crippen LogP contribution in [0.5, 0.6) is 0 Å². The number of thiophene rings is 1. The van der Waals surface area contributed by atoms with Crippen LogP contribution in [0.25, 0.3) is 0 Å². The van der Waals surface area contributed by atoms with E-state index in [4.69, 9.17) is 11.6 Å². The van der Waals surface area contributed by atoms with Crippen LogP contribution >= 0.6 is 34.7 Å². The molecule has 0 saturated heterocycles. The van der Waals surface area contributed by atoms with Gasteiger partial charge in [-0.25, -0.2) is 4.68 Å². The Morgan fingerprint density at radius 1 is 1.26 bits per heavy atom. The van der Waals surface area contributed by atoms with E-state index in [9.17, 15) is 4.79 Å². The van der Waals surface area contributed by atoms with Gasteiger partial charge in [0.1, 0.15) is 0 Å². The highest BCUT2D eigenvalue weighted by molar-refractivity contribution is 7.99. The summed E-state index contributed by atoms with van der Waals surface area (Å²) in [6.07, 6.45) is 0.876. The van der Waals surface area contributed by atoms with Crippen LogP contribution in [0.4, 0.5) is 0 Å². The number of carbonyl (C=O) groups is 1. The van der Waals surface area contributed by atoms with Crippen LogP contribution in [0.3, 0.4) is 0 Å². The lowest BCUT2D eigenvalue weighted by molar-refractivity contribution is 0.102. The Hall–Kier alpha value is -1.70. The zero-order valence-electron chi connectivity index (χ0n) is 12.1. The van der Waals surface area contributed by atoms with Crippen LogP contribution in [-0.2, 0) is 13.0 Å². The van der Waals surface area contributed by atoms with Crippen molar-refractivity contribution in [1.82, 2.24) is 20.2 Å². The highest BCUT2D eigenvalue weighted by Gasteiger charge is 2.11. The van der Waals surface area contributed by atoms with Crippen molar-refractivity contribution < 1.29 is 4.79 Å². The molecule has 0 bridgehead atoms. The molecule has 2 aromatic heterocycles. The van der Waals surface area contributed by atoms with Crippen molar-refractivity contribution in [2.45, 2.75) is 18.1 Å². The van der Waals surface area contributed by atoms with E-state index in [0.717, 1.165) is 6.42 Å². The molecule has 0 radical (unpaired) electrons. The number of Topliss-reactive ketones (excluding diaryl/α,β-unsaturated/α-hetero) is 1. The van der Waals surface area contributed by atoms with E-state index in [1.807, 2.05) is 6.07 Å². The lowest BCUT2D eigenvalue weighted by Gasteiger charge is -2.03. The van der Waals surface area contributed by atoms with Gasteiger partial charge in [0.2, 0.25) is 5.16 Å². The molecule has 0 atom stereocenters. The van der Waals surface area contributed by atoms with Gasteiger partial charge in [-0.1, -0.05) is 29.4 Å². The fraction of sp³-hybridized carbons (Fsp3) is 0.200. The molecule has 3 rings (SSSR count). The molecule has 0 fully saturated rings. The lowest BCUT2D eigenvalue weighted by atomic mass is 10.1. The number of benzene rings is 1. The minimum absolute atomic E-state index is 0.0273. The van der Waals surface area contributed by atoms with Crippen molar-refractivity contribution in [3.05, 3.63) is 57.2 Å². The molecular weight excluding hydrogens is 352 g/mol. The van der Waals surface area contributed by atoms with Gasteiger partial charge in [0.25, 0.3) is 0 Å². The third kappa shape index (κ3) is 4.40. The molecule has 5 nitrogen and oxygen atoms in total. The number of carbonyl (C=O) groups excluding carboxylic acids is 1. The third-order valence-corrected chi connectivity index (χ3v) is 5.29. The quantitative estimate of drug-likeness (QED) is 0.473. The van der Waals surface area contributed by atoms with Gasteiger partial charge in [0.05, 0.1) is 12.3 Å². The second kappa shape index (κ2) is 7.72. The second-order valence-corrected chi connectivity index (χ2v) is 7.14. The number of tetrazole rings is 1. The molecule has 3 aromatic rings. The lowest BCUT2D eigenvalue weighted by Crippen LogP contribution is -2.07. The number of aromatic nitrogens is 4. The van der Waals surface area contributed by atoms with Crippen molar-refractivity contribution in [1.29, 1.82) is 0 Å². The number of halogens is 1. The standard InChI is InChI=1S/C15H13ClN4OS2/c16-12-5-3-11(4-6-12)14(21)10-23-15-17-18-19-20(15)8-7-13-2-1-9-22-13/h1-6,9H,7-8,10H2. The largest absolute Gasteiger partial charge is 0.293 e.